The Bertz CT molecular complexity index is 1560. The summed E-state index contributed by atoms with van der Waals surface area (Å²) in [5.41, 5.74) is 2.15. The highest BCUT2D eigenvalue weighted by Crippen LogP contribution is 2.32. The molecule has 208 valence electrons. The van der Waals surface area contributed by atoms with Gasteiger partial charge in [-0.3, -0.25) is 4.79 Å². The third-order valence-corrected chi connectivity index (χ3v) is 7.63. The van der Waals surface area contributed by atoms with Gasteiger partial charge in [0.2, 0.25) is 5.88 Å². The van der Waals surface area contributed by atoms with Gasteiger partial charge in [0.1, 0.15) is 23.1 Å². The monoisotopic (exact) mass is 546 g/mol. The van der Waals surface area contributed by atoms with Gasteiger partial charge >= 0.3 is 0 Å². The highest BCUT2D eigenvalue weighted by Gasteiger charge is 2.33. The second-order valence-electron chi connectivity index (χ2n) is 10.9. The molecular formula is C30H32F2N6O2. The van der Waals surface area contributed by atoms with Gasteiger partial charge in [-0.1, -0.05) is 18.2 Å². The Kier molecular flexibility index (Phi) is 6.87. The van der Waals surface area contributed by atoms with Gasteiger partial charge in [-0.25, -0.2) is 8.78 Å². The minimum atomic E-state index is -1.35. The molecule has 4 aromatic rings. The number of hydrogen-bond donors (Lipinski definition) is 2. The Morgan fingerprint density at radius 3 is 2.67 bits per heavy atom. The minimum absolute atomic E-state index is 0.0733. The maximum atomic E-state index is 15.6. The molecule has 0 radical (unpaired) electrons. The van der Waals surface area contributed by atoms with Crippen molar-refractivity contribution in [2.24, 2.45) is 0 Å². The van der Waals surface area contributed by atoms with Crippen molar-refractivity contribution in [3.05, 3.63) is 71.7 Å². The van der Waals surface area contributed by atoms with E-state index in [4.69, 9.17) is 9.72 Å². The van der Waals surface area contributed by atoms with Crippen molar-refractivity contribution in [2.75, 3.05) is 32.0 Å². The second kappa shape index (κ2) is 10.5. The molecule has 1 aliphatic heterocycles. The zero-order chi connectivity index (χ0) is 27.9. The number of piperidine rings is 1. The van der Waals surface area contributed by atoms with Crippen LogP contribution in [0.15, 0.2) is 54.7 Å². The number of amides is 1. The molecule has 1 amide bonds. The molecule has 40 heavy (non-hydrogen) atoms. The molecular weight excluding hydrogens is 514 g/mol. The second-order valence-corrected chi connectivity index (χ2v) is 10.9. The summed E-state index contributed by atoms with van der Waals surface area (Å²) >= 11 is 0. The van der Waals surface area contributed by atoms with Gasteiger partial charge in [-0.2, -0.15) is 14.6 Å². The predicted molar refractivity (Wildman–Crippen MR) is 149 cm³/mol. The lowest BCUT2D eigenvalue weighted by atomic mass is 9.93. The summed E-state index contributed by atoms with van der Waals surface area (Å²) in [4.78, 5) is 19.4. The zero-order valence-electron chi connectivity index (χ0n) is 22.6. The summed E-state index contributed by atoms with van der Waals surface area (Å²) in [7, 11) is 1.99. The van der Waals surface area contributed by atoms with Crippen molar-refractivity contribution in [1.29, 1.82) is 0 Å². The van der Waals surface area contributed by atoms with Gasteiger partial charge in [0.15, 0.2) is 5.65 Å². The molecule has 0 atom stereocenters. The van der Waals surface area contributed by atoms with Crippen LogP contribution in [0.3, 0.4) is 0 Å². The molecule has 0 unspecified atom stereocenters. The van der Waals surface area contributed by atoms with Gasteiger partial charge in [-0.05, 0) is 69.0 Å². The van der Waals surface area contributed by atoms with Crippen LogP contribution >= 0.6 is 0 Å². The molecule has 0 bridgehead atoms. The van der Waals surface area contributed by atoms with E-state index in [-0.39, 0.29) is 24.4 Å². The predicted octanol–water partition coefficient (Wildman–Crippen LogP) is 5.37. The first-order chi connectivity index (χ1) is 19.3. The molecule has 2 N–H and O–H groups in total. The number of alkyl halides is 1. The number of hydrogen-bond acceptors (Lipinski definition) is 6. The number of nitrogens with zero attached hydrogens (tertiary/aromatic N) is 4. The largest absolute Gasteiger partial charge is 0.439 e. The number of likely N-dealkylation sites (tertiary alicyclic amines) is 1. The van der Waals surface area contributed by atoms with Crippen LogP contribution in [0.2, 0.25) is 0 Å². The van der Waals surface area contributed by atoms with E-state index in [0.29, 0.717) is 48.7 Å². The van der Waals surface area contributed by atoms with Crippen molar-refractivity contribution in [3.63, 3.8) is 0 Å². The number of aryl methyl sites for hydroxylation is 1. The molecule has 1 saturated heterocycles. The first-order valence-corrected chi connectivity index (χ1v) is 13.6. The van der Waals surface area contributed by atoms with Crippen LogP contribution < -0.4 is 15.4 Å². The van der Waals surface area contributed by atoms with Crippen LogP contribution in [0.5, 0.6) is 11.6 Å². The number of aromatic nitrogens is 3. The highest BCUT2D eigenvalue weighted by atomic mass is 19.1. The topological polar surface area (TPSA) is 83.8 Å². The first kappa shape index (κ1) is 26.2. The number of halogens is 2. The fourth-order valence-corrected chi connectivity index (χ4v) is 5.00. The third kappa shape index (κ3) is 5.62. The minimum Gasteiger partial charge on any atom is -0.439 e. The maximum absolute atomic E-state index is 15.6. The van der Waals surface area contributed by atoms with Crippen molar-refractivity contribution < 1.29 is 18.3 Å². The molecule has 2 aromatic heterocycles. The van der Waals surface area contributed by atoms with Crippen molar-refractivity contribution >= 4 is 17.4 Å². The van der Waals surface area contributed by atoms with Gasteiger partial charge in [0.25, 0.3) is 5.91 Å². The zero-order valence-corrected chi connectivity index (χ0v) is 22.6. The normalized spacial score (nSPS) is 17.1. The molecule has 2 aromatic carbocycles. The molecule has 2 aliphatic rings. The van der Waals surface area contributed by atoms with E-state index in [1.165, 1.54) is 12.1 Å². The smallest absolute Gasteiger partial charge is 0.251 e. The van der Waals surface area contributed by atoms with E-state index in [9.17, 15) is 9.18 Å². The Hall–Kier alpha value is -4.05. The van der Waals surface area contributed by atoms with Crippen LogP contribution in [0.4, 0.5) is 14.6 Å². The Labute approximate surface area is 231 Å². The number of carbonyl (C=O) groups is 1. The number of fused-ring (bicyclic) bond motifs is 1. The lowest BCUT2D eigenvalue weighted by Crippen LogP contribution is -2.44. The lowest BCUT2D eigenvalue weighted by Gasteiger charge is -2.34. The van der Waals surface area contributed by atoms with Gasteiger partial charge in [0, 0.05) is 42.4 Å². The van der Waals surface area contributed by atoms with E-state index >= 15 is 4.39 Å². The van der Waals surface area contributed by atoms with E-state index in [1.54, 1.807) is 28.9 Å². The average molecular weight is 547 g/mol. The Morgan fingerprint density at radius 2 is 1.95 bits per heavy atom. The molecule has 2 fully saturated rings. The number of rotatable bonds is 8. The molecule has 1 saturated carbocycles. The SMILES string of the molecule is Cc1cc(-c2cnn3c(NCC4(F)CCN(C)CC4)cc(Oc4cccc(F)c4)nc23)ccc1C(=O)NC1CC1. The summed E-state index contributed by atoms with van der Waals surface area (Å²) in [6.45, 7) is 3.40. The number of carbonyl (C=O) groups excluding carboxylic acids is 1. The Balaban J connectivity index is 1.35. The maximum Gasteiger partial charge on any atom is 0.251 e. The first-order valence-electron chi connectivity index (χ1n) is 13.6. The average Bonchev–Trinajstić information content (AvgIpc) is 3.64. The fraction of sp³-hybridized carbons (Fsp3) is 0.367. The number of nitrogens with one attached hydrogen (secondary N) is 2. The number of anilines is 1. The number of benzene rings is 2. The van der Waals surface area contributed by atoms with Crippen molar-refractivity contribution in [1.82, 2.24) is 24.8 Å². The van der Waals surface area contributed by atoms with Crippen LogP contribution in [-0.4, -0.2) is 63.8 Å². The molecule has 10 heteroatoms. The van der Waals surface area contributed by atoms with E-state index in [1.807, 2.05) is 32.2 Å². The molecule has 8 nitrogen and oxygen atoms in total. The molecule has 6 rings (SSSR count). The highest BCUT2D eigenvalue weighted by molar-refractivity contribution is 5.97. The standard InChI is InChI=1S/C30H32F2N6O2/c1-19-14-20(6-9-24(19)29(39)35-22-7-8-22)25-17-34-38-26(33-18-30(32)10-12-37(2)13-11-30)16-27(36-28(25)38)40-23-5-3-4-21(31)15-23/h3-6,9,14-17,22,33H,7-8,10-13,18H2,1-2H3,(H,35,39). The summed E-state index contributed by atoms with van der Waals surface area (Å²) in [5.74, 6) is 0.523. The van der Waals surface area contributed by atoms with Crippen molar-refractivity contribution in [3.8, 4) is 22.8 Å². The lowest BCUT2D eigenvalue weighted by molar-refractivity contribution is 0.0811. The Morgan fingerprint density at radius 1 is 1.15 bits per heavy atom. The molecule has 1 aliphatic carbocycles. The summed E-state index contributed by atoms with van der Waals surface area (Å²) < 4.78 is 37.0. The third-order valence-electron chi connectivity index (χ3n) is 7.63. The summed E-state index contributed by atoms with van der Waals surface area (Å²) in [5, 5.41) is 10.8. The van der Waals surface area contributed by atoms with Crippen LogP contribution in [-0.2, 0) is 0 Å². The van der Waals surface area contributed by atoms with E-state index < -0.39 is 11.5 Å². The fourth-order valence-electron chi connectivity index (χ4n) is 5.00. The van der Waals surface area contributed by atoms with Gasteiger partial charge in [-0.15, -0.1) is 0 Å². The van der Waals surface area contributed by atoms with Crippen LogP contribution in [0, 0.1) is 12.7 Å². The van der Waals surface area contributed by atoms with E-state index in [0.717, 1.165) is 29.5 Å². The van der Waals surface area contributed by atoms with Gasteiger partial charge < -0.3 is 20.3 Å². The number of ether oxygens (including phenoxy) is 1. The van der Waals surface area contributed by atoms with E-state index in [2.05, 4.69) is 20.6 Å². The van der Waals surface area contributed by atoms with Crippen LogP contribution in [0.25, 0.3) is 16.8 Å². The van der Waals surface area contributed by atoms with Crippen LogP contribution in [0.1, 0.15) is 41.6 Å². The van der Waals surface area contributed by atoms with Crippen molar-refractivity contribution in [2.45, 2.75) is 44.3 Å². The molecule has 3 heterocycles. The molecule has 0 spiro atoms. The van der Waals surface area contributed by atoms with Gasteiger partial charge in [0.05, 0.1) is 12.7 Å². The summed E-state index contributed by atoms with van der Waals surface area (Å²) in [6.07, 6.45) is 4.60. The quantitative estimate of drug-likeness (QED) is 0.309. The summed E-state index contributed by atoms with van der Waals surface area (Å²) in [6, 6.07) is 13.3.